The first-order chi connectivity index (χ1) is 14.2. The maximum atomic E-state index is 12.9. The van der Waals surface area contributed by atoms with Crippen molar-refractivity contribution in [1.82, 2.24) is 20.2 Å². The first-order valence-corrected chi connectivity index (χ1v) is 10.1. The molecule has 1 saturated heterocycles. The summed E-state index contributed by atoms with van der Waals surface area (Å²) in [5.74, 6) is 2.55. The molecule has 3 heterocycles. The lowest BCUT2D eigenvalue weighted by Gasteiger charge is -2.34. The highest BCUT2D eigenvalue weighted by molar-refractivity contribution is 5.84. The van der Waals surface area contributed by atoms with Gasteiger partial charge in [-0.1, -0.05) is 12.1 Å². The molecule has 2 aliphatic rings. The van der Waals surface area contributed by atoms with E-state index >= 15 is 0 Å². The highest BCUT2D eigenvalue weighted by atomic mass is 16.5. The van der Waals surface area contributed by atoms with E-state index in [1.54, 1.807) is 13.4 Å². The lowest BCUT2D eigenvalue weighted by Crippen LogP contribution is -2.49. The lowest BCUT2D eigenvalue weighted by atomic mass is 10.0. The average Bonchev–Trinajstić information content (AvgIpc) is 2.89. The molecule has 1 aromatic carbocycles. The average molecular weight is 396 g/mol. The largest absolute Gasteiger partial charge is 0.497 e. The van der Waals surface area contributed by atoms with E-state index in [2.05, 4.69) is 20.6 Å². The van der Waals surface area contributed by atoms with Crippen LogP contribution < -0.4 is 20.3 Å². The summed E-state index contributed by atoms with van der Waals surface area (Å²) < 4.78 is 5.31. The predicted octanol–water partition coefficient (Wildman–Crippen LogP) is 1.63. The number of methoxy groups -OCH3 is 1. The van der Waals surface area contributed by atoms with Gasteiger partial charge in [0.2, 0.25) is 5.91 Å². The van der Waals surface area contributed by atoms with Crippen LogP contribution in [-0.4, -0.2) is 60.6 Å². The van der Waals surface area contributed by atoms with E-state index in [1.165, 1.54) is 0 Å². The van der Waals surface area contributed by atoms with E-state index in [-0.39, 0.29) is 11.9 Å². The van der Waals surface area contributed by atoms with Crippen molar-refractivity contribution in [2.24, 2.45) is 0 Å². The summed E-state index contributed by atoms with van der Waals surface area (Å²) in [5.41, 5.74) is 2.07. The fraction of sp³-hybridized carbons (Fsp3) is 0.476. The van der Waals surface area contributed by atoms with Crippen molar-refractivity contribution in [3.05, 3.63) is 41.7 Å². The summed E-state index contributed by atoms with van der Waals surface area (Å²) in [4.78, 5) is 25.8. The number of anilines is 2. The monoisotopic (exact) mass is 396 g/mol. The van der Waals surface area contributed by atoms with Gasteiger partial charge < -0.3 is 25.2 Å². The second-order valence-corrected chi connectivity index (χ2v) is 7.61. The smallest absolute Gasteiger partial charge is 0.242 e. The van der Waals surface area contributed by atoms with Crippen LogP contribution in [0, 0.1) is 0 Å². The fourth-order valence-corrected chi connectivity index (χ4v) is 4.06. The maximum absolute atomic E-state index is 12.9. The summed E-state index contributed by atoms with van der Waals surface area (Å²) in [6.45, 7) is 3.32. The number of rotatable bonds is 5. The summed E-state index contributed by atoms with van der Waals surface area (Å²) in [5, 5.41) is 6.85. The zero-order chi connectivity index (χ0) is 20.2. The van der Waals surface area contributed by atoms with Gasteiger partial charge in [-0.05, 0) is 37.1 Å². The van der Waals surface area contributed by atoms with Crippen molar-refractivity contribution in [3.63, 3.8) is 0 Å². The molecule has 1 amide bonds. The number of nitrogens with zero attached hydrogens (tertiary/aromatic N) is 4. The van der Waals surface area contributed by atoms with Gasteiger partial charge in [-0.3, -0.25) is 4.79 Å². The number of carbonyl (C=O) groups excluding carboxylic acids is 1. The van der Waals surface area contributed by atoms with E-state index in [9.17, 15) is 4.79 Å². The minimum atomic E-state index is 0.137. The normalized spacial score (nSPS) is 19.5. The number of amides is 1. The van der Waals surface area contributed by atoms with Gasteiger partial charge in [0.25, 0.3) is 0 Å². The number of fused-ring (bicyclic) bond motifs is 1. The highest BCUT2D eigenvalue weighted by Crippen LogP contribution is 2.29. The van der Waals surface area contributed by atoms with Crippen LogP contribution in [0.2, 0.25) is 0 Å². The Hall–Kier alpha value is -2.87. The number of hydrogen-bond acceptors (Lipinski definition) is 7. The third-order valence-corrected chi connectivity index (χ3v) is 5.61. The number of ether oxygens (including phenoxy) is 1. The molecule has 1 fully saturated rings. The molecule has 2 N–H and O–H groups in total. The second-order valence-electron chi connectivity index (χ2n) is 7.61. The number of hydrogen-bond donors (Lipinski definition) is 2. The molecule has 8 nitrogen and oxygen atoms in total. The molecule has 0 spiro atoms. The Morgan fingerprint density at radius 1 is 1.31 bits per heavy atom. The molecule has 8 heteroatoms. The van der Waals surface area contributed by atoms with Crippen LogP contribution in [0.1, 0.15) is 24.0 Å². The molecule has 0 radical (unpaired) electrons. The molecule has 4 rings (SSSR count). The van der Waals surface area contributed by atoms with Gasteiger partial charge in [0.1, 0.15) is 23.7 Å². The first kappa shape index (κ1) is 19.4. The zero-order valence-electron chi connectivity index (χ0n) is 17.0. The number of carbonyl (C=O) groups is 1. The number of aromatic nitrogens is 2. The van der Waals surface area contributed by atoms with Crippen LogP contribution in [0.4, 0.5) is 11.6 Å². The van der Waals surface area contributed by atoms with Gasteiger partial charge in [0.15, 0.2) is 0 Å². The summed E-state index contributed by atoms with van der Waals surface area (Å²) in [7, 11) is 3.58. The zero-order valence-corrected chi connectivity index (χ0v) is 17.0. The summed E-state index contributed by atoms with van der Waals surface area (Å²) in [6, 6.07) is 8.16. The van der Waals surface area contributed by atoms with Crippen molar-refractivity contribution in [1.29, 1.82) is 0 Å². The standard InChI is InChI=1S/C21H28N6O2/c1-26-13-19(28)27(16-6-4-8-22-11-16)12-18-20(24-14-25-21(18)26)23-10-15-5-3-7-17(9-15)29-2/h3,5,7,9,14,16,22H,4,6,8,10-13H2,1-2H3,(H,23,24,25). The summed E-state index contributed by atoms with van der Waals surface area (Å²) >= 11 is 0. The summed E-state index contributed by atoms with van der Waals surface area (Å²) in [6.07, 6.45) is 3.67. The molecule has 1 unspecified atom stereocenters. The van der Waals surface area contributed by atoms with Crippen molar-refractivity contribution in [2.45, 2.75) is 32.0 Å². The Bertz CT molecular complexity index is 868. The van der Waals surface area contributed by atoms with Gasteiger partial charge in [-0.25, -0.2) is 9.97 Å². The quantitative estimate of drug-likeness (QED) is 0.795. The third-order valence-electron chi connectivity index (χ3n) is 5.61. The SMILES string of the molecule is COc1cccc(CNc2ncnc3c2CN(C2CCCNC2)C(=O)CN3C)c1. The Morgan fingerprint density at radius 3 is 3.00 bits per heavy atom. The Labute approximate surface area is 171 Å². The molecule has 2 aromatic rings. The van der Waals surface area contributed by atoms with Crippen molar-refractivity contribution in [3.8, 4) is 5.75 Å². The number of benzene rings is 1. The molecule has 0 bridgehead atoms. The van der Waals surface area contributed by atoms with Crippen molar-refractivity contribution in [2.75, 3.05) is 44.0 Å². The van der Waals surface area contributed by atoms with Crippen LogP contribution in [-0.2, 0) is 17.9 Å². The molecular formula is C21H28N6O2. The minimum absolute atomic E-state index is 0.137. The first-order valence-electron chi connectivity index (χ1n) is 10.1. The van der Waals surface area contributed by atoms with Gasteiger partial charge in [-0.15, -0.1) is 0 Å². The third kappa shape index (κ3) is 4.27. The van der Waals surface area contributed by atoms with E-state index < -0.39 is 0 Å². The molecule has 1 aromatic heterocycles. The van der Waals surface area contributed by atoms with Crippen molar-refractivity contribution >= 4 is 17.5 Å². The van der Waals surface area contributed by atoms with Gasteiger partial charge >= 0.3 is 0 Å². The molecular weight excluding hydrogens is 368 g/mol. The Kier molecular flexibility index (Phi) is 5.80. The molecule has 0 aliphatic carbocycles. The molecule has 2 aliphatic heterocycles. The fourth-order valence-electron chi connectivity index (χ4n) is 4.06. The van der Waals surface area contributed by atoms with Crippen LogP contribution in [0.25, 0.3) is 0 Å². The number of nitrogens with one attached hydrogen (secondary N) is 2. The predicted molar refractivity (Wildman–Crippen MR) is 112 cm³/mol. The topological polar surface area (TPSA) is 82.6 Å². The van der Waals surface area contributed by atoms with Crippen LogP contribution in [0.3, 0.4) is 0 Å². The molecule has 0 saturated carbocycles. The maximum Gasteiger partial charge on any atom is 0.242 e. The Balaban J connectivity index is 1.59. The van der Waals surface area contributed by atoms with Crippen LogP contribution >= 0.6 is 0 Å². The number of piperidine rings is 1. The molecule has 154 valence electrons. The lowest BCUT2D eigenvalue weighted by molar-refractivity contribution is -0.132. The Morgan fingerprint density at radius 2 is 2.21 bits per heavy atom. The number of likely N-dealkylation sites (N-methyl/N-ethyl adjacent to an activating group) is 1. The highest BCUT2D eigenvalue weighted by Gasteiger charge is 2.32. The van der Waals surface area contributed by atoms with Gasteiger partial charge in [0.05, 0.1) is 25.8 Å². The van der Waals surface area contributed by atoms with E-state index in [1.807, 2.05) is 41.1 Å². The van der Waals surface area contributed by atoms with Crippen LogP contribution in [0.5, 0.6) is 5.75 Å². The molecule has 29 heavy (non-hydrogen) atoms. The van der Waals surface area contributed by atoms with Gasteiger partial charge in [-0.2, -0.15) is 0 Å². The van der Waals surface area contributed by atoms with Gasteiger partial charge in [0, 0.05) is 26.2 Å². The van der Waals surface area contributed by atoms with Crippen molar-refractivity contribution < 1.29 is 9.53 Å². The van der Waals surface area contributed by atoms with E-state index in [0.717, 1.165) is 54.4 Å². The molecule has 1 atom stereocenters. The van der Waals surface area contributed by atoms with E-state index in [0.29, 0.717) is 19.6 Å². The van der Waals surface area contributed by atoms with E-state index in [4.69, 9.17) is 4.74 Å². The minimum Gasteiger partial charge on any atom is -0.497 e. The second kappa shape index (κ2) is 8.65. The van der Waals surface area contributed by atoms with Crippen LogP contribution in [0.15, 0.2) is 30.6 Å².